The van der Waals surface area contributed by atoms with E-state index in [1.165, 1.54) is 0 Å². The normalized spacial score (nSPS) is 11.4. The van der Waals surface area contributed by atoms with Crippen LogP contribution in [0.4, 0.5) is 0 Å². The molecule has 0 rings (SSSR count). The minimum absolute atomic E-state index is 0.109. The van der Waals surface area contributed by atoms with Gasteiger partial charge in [-0.1, -0.05) is 6.92 Å². The smallest absolute Gasteiger partial charge is 0.133 e. The third-order valence-corrected chi connectivity index (χ3v) is 1.28. The number of carbonyl (C=O) groups excluding carboxylic acids is 1. The molecule has 0 aromatic heterocycles. The Bertz CT molecular complexity index is 148. The number of hydrogen-bond acceptors (Lipinski definition) is 1. The summed E-state index contributed by atoms with van der Waals surface area (Å²) >= 11 is 0. The van der Waals surface area contributed by atoms with Gasteiger partial charge in [-0.25, -0.2) is 0 Å². The third-order valence-electron chi connectivity index (χ3n) is 1.28. The first-order valence-electron chi connectivity index (χ1n) is 3.08. The van der Waals surface area contributed by atoms with Gasteiger partial charge >= 0.3 is 0 Å². The van der Waals surface area contributed by atoms with Gasteiger partial charge in [0.2, 0.25) is 0 Å². The highest BCUT2D eigenvalue weighted by Gasteiger charge is 2.03. The van der Waals surface area contributed by atoms with Gasteiger partial charge < -0.3 is 0 Å². The topological polar surface area (TPSA) is 17.1 Å². The van der Waals surface area contributed by atoms with E-state index in [1.807, 2.05) is 6.92 Å². The van der Waals surface area contributed by atoms with Crippen LogP contribution in [0.1, 0.15) is 27.2 Å². The van der Waals surface area contributed by atoms with Crippen LogP contribution in [0.5, 0.6) is 0 Å². The highest BCUT2D eigenvalue weighted by atomic mass is 16.1. The van der Waals surface area contributed by atoms with Crippen LogP contribution < -0.4 is 0 Å². The Morgan fingerprint density at radius 2 is 2.22 bits per heavy atom. The Morgan fingerprint density at radius 1 is 1.67 bits per heavy atom. The maximum Gasteiger partial charge on any atom is 0.133 e. The molecule has 0 bridgehead atoms. The van der Waals surface area contributed by atoms with E-state index >= 15 is 0 Å². The molecule has 0 aromatic rings. The predicted octanol–water partition coefficient (Wildman–Crippen LogP) is 1.62. The predicted molar refractivity (Wildman–Crippen MR) is 37.9 cm³/mol. The van der Waals surface area contributed by atoms with Crippen molar-refractivity contribution in [3.63, 3.8) is 0 Å². The molecule has 0 amide bonds. The first-order chi connectivity index (χ1) is 4.18. The lowest BCUT2D eigenvalue weighted by Gasteiger charge is -1.98. The van der Waals surface area contributed by atoms with Crippen LogP contribution in [0.2, 0.25) is 0 Å². The number of ketones is 1. The van der Waals surface area contributed by atoms with Crippen LogP contribution >= 0.6 is 0 Å². The molecule has 0 aromatic carbocycles. The van der Waals surface area contributed by atoms with E-state index in [4.69, 9.17) is 0 Å². The van der Waals surface area contributed by atoms with Crippen LogP contribution in [0, 0.1) is 17.8 Å². The zero-order valence-electron chi connectivity index (χ0n) is 6.19. The zero-order chi connectivity index (χ0) is 7.28. The lowest BCUT2D eigenvalue weighted by atomic mass is 10.0. The summed E-state index contributed by atoms with van der Waals surface area (Å²) < 4.78 is 0. The standard InChI is InChI=1S/C8H12O/c1-4-5-6-7(2)8(3)9/h7H,6H2,1-3H3/t7-/m0/s1. The van der Waals surface area contributed by atoms with Gasteiger partial charge in [-0.3, -0.25) is 4.79 Å². The molecule has 1 nitrogen and oxygen atoms in total. The zero-order valence-corrected chi connectivity index (χ0v) is 6.19. The van der Waals surface area contributed by atoms with Crippen molar-refractivity contribution in [2.75, 3.05) is 0 Å². The van der Waals surface area contributed by atoms with Gasteiger partial charge in [0.05, 0.1) is 0 Å². The Hall–Kier alpha value is -0.770. The maximum absolute atomic E-state index is 10.6. The van der Waals surface area contributed by atoms with Gasteiger partial charge in [-0.15, -0.1) is 11.8 Å². The third kappa shape index (κ3) is 3.78. The number of carbonyl (C=O) groups is 1. The lowest BCUT2D eigenvalue weighted by molar-refractivity contribution is -0.120. The van der Waals surface area contributed by atoms with Crippen molar-refractivity contribution < 1.29 is 4.79 Å². The first kappa shape index (κ1) is 8.23. The molecule has 0 unspecified atom stereocenters. The molecule has 0 radical (unpaired) electrons. The van der Waals surface area contributed by atoms with E-state index in [9.17, 15) is 4.79 Å². The Labute approximate surface area is 56.5 Å². The number of hydrogen-bond donors (Lipinski definition) is 0. The second-order valence-corrected chi connectivity index (χ2v) is 2.14. The molecule has 0 aliphatic carbocycles. The van der Waals surface area contributed by atoms with Crippen LogP contribution in [0.15, 0.2) is 0 Å². The summed E-state index contributed by atoms with van der Waals surface area (Å²) in [6.07, 6.45) is 0.700. The van der Waals surface area contributed by atoms with Crippen molar-refractivity contribution in [3.8, 4) is 11.8 Å². The second kappa shape index (κ2) is 4.14. The fourth-order valence-corrected chi connectivity index (χ4v) is 0.399. The van der Waals surface area contributed by atoms with Gasteiger partial charge in [-0.2, -0.15) is 0 Å². The minimum Gasteiger partial charge on any atom is -0.300 e. The van der Waals surface area contributed by atoms with E-state index in [2.05, 4.69) is 11.8 Å². The van der Waals surface area contributed by atoms with Gasteiger partial charge in [0.1, 0.15) is 5.78 Å². The SMILES string of the molecule is CC#CC[C@H](C)C(C)=O. The van der Waals surface area contributed by atoms with Crippen molar-refractivity contribution >= 4 is 5.78 Å². The molecule has 0 spiro atoms. The van der Waals surface area contributed by atoms with Crippen LogP contribution in [-0.2, 0) is 4.79 Å². The molecule has 0 saturated heterocycles. The minimum atomic E-state index is 0.109. The Morgan fingerprint density at radius 3 is 2.56 bits per heavy atom. The molecule has 50 valence electrons. The summed E-state index contributed by atoms with van der Waals surface area (Å²) in [6.45, 7) is 5.28. The molecule has 0 heterocycles. The summed E-state index contributed by atoms with van der Waals surface area (Å²) in [7, 11) is 0. The molecule has 1 atom stereocenters. The Kier molecular flexibility index (Phi) is 3.79. The molecular formula is C8H12O. The van der Waals surface area contributed by atoms with E-state index in [1.54, 1.807) is 13.8 Å². The van der Waals surface area contributed by atoms with Crippen molar-refractivity contribution in [2.45, 2.75) is 27.2 Å². The van der Waals surface area contributed by atoms with Crippen molar-refractivity contribution in [1.29, 1.82) is 0 Å². The van der Waals surface area contributed by atoms with Crippen LogP contribution in [-0.4, -0.2) is 5.78 Å². The molecular weight excluding hydrogens is 112 g/mol. The monoisotopic (exact) mass is 124 g/mol. The highest BCUT2D eigenvalue weighted by Crippen LogP contribution is 2.00. The molecule has 0 N–H and O–H groups in total. The first-order valence-corrected chi connectivity index (χ1v) is 3.08. The number of rotatable bonds is 2. The fraction of sp³-hybridized carbons (Fsp3) is 0.625. The fourth-order valence-electron chi connectivity index (χ4n) is 0.399. The average molecular weight is 124 g/mol. The molecule has 0 saturated carbocycles. The van der Waals surface area contributed by atoms with Crippen LogP contribution in [0.25, 0.3) is 0 Å². The summed E-state index contributed by atoms with van der Waals surface area (Å²) in [6, 6.07) is 0. The molecule has 0 fully saturated rings. The summed E-state index contributed by atoms with van der Waals surface area (Å²) in [5.74, 6) is 5.94. The van der Waals surface area contributed by atoms with Crippen molar-refractivity contribution in [2.24, 2.45) is 5.92 Å². The maximum atomic E-state index is 10.6. The summed E-state index contributed by atoms with van der Waals surface area (Å²) in [5, 5.41) is 0. The number of Topliss-reactive ketones (excluding diaryl/α,β-unsaturated/α-hetero) is 1. The molecule has 1 heteroatoms. The summed E-state index contributed by atoms with van der Waals surface area (Å²) in [4.78, 5) is 10.6. The van der Waals surface area contributed by atoms with Gasteiger partial charge in [0.25, 0.3) is 0 Å². The average Bonchev–Trinajstić information content (AvgIpc) is 1.82. The van der Waals surface area contributed by atoms with Crippen molar-refractivity contribution in [3.05, 3.63) is 0 Å². The highest BCUT2D eigenvalue weighted by molar-refractivity contribution is 5.78. The van der Waals surface area contributed by atoms with E-state index in [-0.39, 0.29) is 11.7 Å². The van der Waals surface area contributed by atoms with E-state index in [0.717, 1.165) is 0 Å². The van der Waals surface area contributed by atoms with Crippen LogP contribution in [0.3, 0.4) is 0 Å². The van der Waals surface area contributed by atoms with Gasteiger partial charge in [-0.05, 0) is 13.8 Å². The quantitative estimate of drug-likeness (QED) is 0.511. The van der Waals surface area contributed by atoms with Gasteiger partial charge in [0.15, 0.2) is 0 Å². The molecule has 0 aliphatic rings. The summed E-state index contributed by atoms with van der Waals surface area (Å²) in [5.41, 5.74) is 0. The molecule has 0 aliphatic heterocycles. The molecule has 9 heavy (non-hydrogen) atoms. The van der Waals surface area contributed by atoms with E-state index in [0.29, 0.717) is 6.42 Å². The van der Waals surface area contributed by atoms with Crippen molar-refractivity contribution in [1.82, 2.24) is 0 Å². The van der Waals surface area contributed by atoms with Gasteiger partial charge in [0, 0.05) is 12.3 Å². The van der Waals surface area contributed by atoms with E-state index < -0.39 is 0 Å². The lowest BCUT2D eigenvalue weighted by Crippen LogP contribution is -2.04. The largest absolute Gasteiger partial charge is 0.300 e. The Balaban J connectivity index is 3.59. The second-order valence-electron chi connectivity index (χ2n) is 2.14.